The molecule has 8 heteroatoms. The van der Waals surface area contributed by atoms with E-state index in [0.29, 0.717) is 26.4 Å². The molecular formula is C31H18F6S2. The third-order valence-corrected chi connectivity index (χ3v) is 8.92. The van der Waals surface area contributed by atoms with Crippen LogP contribution in [0.3, 0.4) is 0 Å². The summed E-state index contributed by atoms with van der Waals surface area (Å²) in [6, 6.07) is 28.5. The highest BCUT2D eigenvalue weighted by Gasteiger charge is 2.80. The molecule has 0 nitrogen and oxygen atoms in total. The Morgan fingerprint density at radius 2 is 0.974 bits per heavy atom. The summed E-state index contributed by atoms with van der Waals surface area (Å²) in [6.45, 7) is 0. The molecule has 0 spiro atoms. The lowest BCUT2D eigenvalue weighted by atomic mass is 9.94. The van der Waals surface area contributed by atoms with Crippen LogP contribution in [0.5, 0.6) is 0 Å². The van der Waals surface area contributed by atoms with E-state index < -0.39 is 28.9 Å². The van der Waals surface area contributed by atoms with Gasteiger partial charge >= 0.3 is 17.8 Å². The first kappa shape index (κ1) is 25.6. The van der Waals surface area contributed by atoms with Gasteiger partial charge in [-0.05, 0) is 39.8 Å². The molecule has 0 bridgehead atoms. The summed E-state index contributed by atoms with van der Waals surface area (Å²) in [5.41, 5.74) is -1.55. The Labute approximate surface area is 228 Å². The van der Waals surface area contributed by atoms with Crippen LogP contribution in [-0.4, -0.2) is 17.8 Å². The molecular weight excluding hydrogens is 550 g/mol. The Morgan fingerprint density at radius 3 is 1.54 bits per heavy atom. The number of thiophene rings is 2. The summed E-state index contributed by atoms with van der Waals surface area (Å²) < 4.78 is 92.4. The van der Waals surface area contributed by atoms with Crippen molar-refractivity contribution >= 4 is 33.8 Å². The first-order valence-corrected chi connectivity index (χ1v) is 13.6. The monoisotopic (exact) mass is 568 g/mol. The van der Waals surface area contributed by atoms with Gasteiger partial charge in [0.2, 0.25) is 0 Å². The maximum atomic E-state index is 15.7. The zero-order valence-electron chi connectivity index (χ0n) is 20.0. The lowest BCUT2D eigenvalue weighted by Crippen LogP contribution is -2.48. The Hall–Kier alpha value is -3.62. The highest BCUT2D eigenvalue weighted by Crippen LogP contribution is 2.66. The zero-order valence-corrected chi connectivity index (χ0v) is 21.6. The summed E-state index contributed by atoms with van der Waals surface area (Å²) in [7, 11) is 0. The molecule has 6 rings (SSSR count). The molecule has 0 amide bonds. The predicted molar refractivity (Wildman–Crippen MR) is 147 cm³/mol. The lowest BCUT2D eigenvalue weighted by Gasteiger charge is -2.25. The van der Waals surface area contributed by atoms with Gasteiger partial charge in [0.25, 0.3) is 0 Å². The first-order valence-electron chi connectivity index (χ1n) is 11.9. The van der Waals surface area contributed by atoms with E-state index in [1.54, 1.807) is 91.0 Å². The summed E-state index contributed by atoms with van der Waals surface area (Å²) in [5, 5.41) is 1.25. The van der Waals surface area contributed by atoms with Crippen LogP contribution in [0.25, 0.3) is 42.5 Å². The largest absolute Gasteiger partial charge is 0.380 e. The fraction of sp³-hybridized carbons (Fsp3) is 0.0968. The number of rotatable bonds is 5. The van der Waals surface area contributed by atoms with E-state index in [1.807, 2.05) is 0 Å². The number of hydrogen-bond donors (Lipinski definition) is 0. The average molecular weight is 569 g/mol. The van der Waals surface area contributed by atoms with Crippen molar-refractivity contribution in [1.82, 2.24) is 0 Å². The Kier molecular flexibility index (Phi) is 6.08. The van der Waals surface area contributed by atoms with Crippen LogP contribution in [0, 0.1) is 0 Å². The minimum atomic E-state index is -5.62. The molecule has 0 fully saturated rings. The third kappa shape index (κ3) is 3.96. The summed E-state index contributed by atoms with van der Waals surface area (Å²) in [4.78, 5) is 1.22. The van der Waals surface area contributed by atoms with Gasteiger partial charge < -0.3 is 0 Å². The summed E-state index contributed by atoms with van der Waals surface area (Å²) >= 11 is 2.13. The third-order valence-electron chi connectivity index (χ3n) is 6.71. The second kappa shape index (κ2) is 9.24. The van der Waals surface area contributed by atoms with Crippen LogP contribution in [0.1, 0.15) is 11.1 Å². The van der Waals surface area contributed by atoms with Gasteiger partial charge in [0.05, 0.1) is 0 Å². The van der Waals surface area contributed by atoms with Gasteiger partial charge in [0.1, 0.15) is 0 Å². The van der Waals surface area contributed by atoms with Crippen LogP contribution < -0.4 is 0 Å². The van der Waals surface area contributed by atoms with Crippen LogP contribution in [0.2, 0.25) is 0 Å². The van der Waals surface area contributed by atoms with E-state index in [1.165, 1.54) is 17.5 Å². The first-order chi connectivity index (χ1) is 18.6. The van der Waals surface area contributed by atoms with E-state index in [9.17, 15) is 0 Å². The Bertz CT molecular complexity index is 1670. The van der Waals surface area contributed by atoms with Gasteiger partial charge in [-0.3, -0.25) is 0 Å². The molecule has 0 unspecified atom stereocenters. The minimum absolute atomic E-state index is 0.216. The molecule has 0 N–H and O–H groups in total. The molecule has 5 aromatic rings. The van der Waals surface area contributed by atoms with Crippen molar-refractivity contribution in [3.63, 3.8) is 0 Å². The second-order valence-corrected chi connectivity index (χ2v) is 11.1. The van der Waals surface area contributed by atoms with Crippen molar-refractivity contribution in [2.24, 2.45) is 0 Å². The number of hydrogen-bond acceptors (Lipinski definition) is 2. The van der Waals surface area contributed by atoms with Crippen LogP contribution >= 0.6 is 22.7 Å². The van der Waals surface area contributed by atoms with Crippen LogP contribution in [-0.2, 0) is 0 Å². The van der Waals surface area contributed by atoms with E-state index >= 15 is 26.3 Å². The number of halogens is 6. The lowest BCUT2D eigenvalue weighted by molar-refractivity contribution is -0.254. The van der Waals surface area contributed by atoms with E-state index in [2.05, 4.69) is 0 Å². The van der Waals surface area contributed by atoms with E-state index in [0.717, 1.165) is 22.7 Å². The normalized spacial score (nSPS) is 17.5. The molecule has 0 aliphatic heterocycles. The van der Waals surface area contributed by atoms with Gasteiger partial charge in [-0.25, -0.2) is 0 Å². The molecule has 1 aliphatic rings. The standard InChI is InChI=1S/C31H18F6S2/c32-29(33)26(22-16-24(38-18-22)19-10-4-1-5-11-19)27(30(34,35)31(29,36)37)23-17-25(20-12-6-2-7-13-20)39-28(23)21-14-8-3-9-15-21/h1-18H. The van der Waals surface area contributed by atoms with Crippen LogP contribution in [0.15, 0.2) is 109 Å². The summed E-state index contributed by atoms with van der Waals surface area (Å²) in [6.07, 6.45) is 0. The van der Waals surface area contributed by atoms with Crippen molar-refractivity contribution in [2.75, 3.05) is 0 Å². The second-order valence-electron chi connectivity index (χ2n) is 9.12. The maximum absolute atomic E-state index is 15.7. The highest BCUT2D eigenvalue weighted by atomic mass is 32.1. The number of benzene rings is 3. The highest BCUT2D eigenvalue weighted by molar-refractivity contribution is 7.19. The molecule has 3 aromatic carbocycles. The quantitative estimate of drug-likeness (QED) is 0.185. The smallest absolute Gasteiger partial charge is 0.194 e. The number of allylic oxidation sites excluding steroid dienone is 2. The van der Waals surface area contributed by atoms with Gasteiger partial charge in [0.15, 0.2) is 0 Å². The van der Waals surface area contributed by atoms with Crippen LogP contribution in [0.4, 0.5) is 26.3 Å². The van der Waals surface area contributed by atoms with Crippen molar-refractivity contribution < 1.29 is 26.3 Å². The van der Waals surface area contributed by atoms with Crippen molar-refractivity contribution in [3.8, 4) is 31.3 Å². The van der Waals surface area contributed by atoms with Gasteiger partial charge in [-0.1, -0.05) is 91.0 Å². The van der Waals surface area contributed by atoms with E-state index in [-0.39, 0.29) is 16.0 Å². The molecule has 0 radical (unpaired) electrons. The Balaban J connectivity index is 1.65. The maximum Gasteiger partial charge on any atom is 0.380 e. The molecule has 0 atom stereocenters. The SMILES string of the molecule is FC1(F)C(c2csc(-c3ccccc3)c2)=C(c2cc(-c3ccccc3)sc2-c2ccccc2)C(F)(F)C1(F)F. The van der Waals surface area contributed by atoms with E-state index in [4.69, 9.17) is 0 Å². The predicted octanol–water partition coefficient (Wildman–Crippen LogP) is 10.6. The van der Waals surface area contributed by atoms with Gasteiger partial charge in [0, 0.05) is 31.3 Å². The molecule has 2 aromatic heterocycles. The molecule has 0 saturated heterocycles. The number of alkyl halides is 6. The average Bonchev–Trinajstić information content (AvgIpc) is 3.62. The van der Waals surface area contributed by atoms with Gasteiger partial charge in [-0.2, -0.15) is 26.3 Å². The topological polar surface area (TPSA) is 0 Å². The van der Waals surface area contributed by atoms with Gasteiger partial charge in [-0.15, -0.1) is 22.7 Å². The van der Waals surface area contributed by atoms with Crippen molar-refractivity contribution in [3.05, 3.63) is 120 Å². The molecule has 0 saturated carbocycles. The molecule has 39 heavy (non-hydrogen) atoms. The molecule has 1 aliphatic carbocycles. The van der Waals surface area contributed by atoms with Crippen molar-refractivity contribution in [1.29, 1.82) is 0 Å². The molecule has 196 valence electrons. The molecule has 2 heterocycles. The minimum Gasteiger partial charge on any atom is -0.194 e. The Morgan fingerprint density at radius 1 is 0.487 bits per heavy atom. The fourth-order valence-electron chi connectivity index (χ4n) is 4.80. The fourth-order valence-corrected chi connectivity index (χ4v) is 6.88. The summed E-state index contributed by atoms with van der Waals surface area (Å²) in [5.74, 6) is -15.9. The zero-order chi connectivity index (χ0) is 27.4. The van der Waals surface area contributed by atoms with Crippen molar-refractivity contribution in [2.45, 2.75) is 17.8 Å².